The van der Waals surface area contributed by atoms with Crippen molar-refractivity contribution in [3.8, 4) is 11.5 Å². The van der Waals surface area contributed by atoms with Crippen molar-refractivity contribution in [2.24, 2.45) is 5.10 Å². The monoisotopic (exact) mass is 468 g/mol. The largest absolute Gasteiger partial charge is 0.497 e. The number of nitrogens with zero attached hydrogens (tertiary/aromatic N) is 1. The number of rotatable bonds is 6. The minimum absolute atomic E-state index is 0.125. The lowest BCUT2D eigenvalue weighted by atomic mass is 10.1. The first-order valence-electron chi connectivity index (χ1n) is 7.46. The minimum atomic E-state index is -0.331. The molecule has 7 heteroatoms. The van der Waals surface area contributed by atoms with Crippen LogP contribution >= 0.6 is 31.9 Å². The maximum atomic E-state index is 12.0. The molecule has 0 spiro atoms. The summed E-state index contributed by atoms with van der Waals surface area (Å²) >= 11 is 6.84. The van der Waals surface area contributed by atoms with Crippen LogP contribution in [0.3, 0.4) is 0 Å². The maximum Gasteiger partial charge on any atom is 0.277 e. The molecule has 2 aromatic carbocycles. The van der Waals surface area contributed by atoms with E-state index in [-0.39, 0.29) is 12.5 Å². The van der Waals surface area contributed by atoms with Crippen LogP contribution in [0.5, 0.6) is 11.5 Å². The van der Waals surface area contributed by atoms with Gasteiger partial charge in [0, 0.05) is 4.47 Å². The number of hydrogen-bond donors (Lipinski definition) is 1. The quantitative estimate of drug-likeness (QED) is 0.502. The first-order valence-corrected chi connectivity index (χ1v) is 9.05. The predicted molar refractivity (Wildman–Crippen MR) is 105 cm³/mol. The molecule has 0 aliphatic carbocycles. The molecule has 0 fully saturated rings. The van der Waals surface area contributed by atoms with Gasteiger partial charge in [-0.1, -0.05) is 15.9 Å². The number of carbonyl (C=O) groups excluding carboxylic acids is 1. The first kappa shape index (κ1) is 19.5. The van der Waals surface area contributed by atoms with E-state index in [0.29, 0.717) is 11.5 Å². The van der Waals surface area contributed by atoms with Crippen molar-refractivity contribution in [3.63, 3.8) is 0 Å². The Balaban J connectivity index is 1.93. The summed E-state index contributed by atoms with van der Waals surface area (Å²) < 4.78 is 12.4. The van der Waals surface area contributed by atoms with E-state index >= 15 is 0 Å². The smallest absolute Gasteiger partial charge is 0.277 e. The van der Waals surface area contributed by atoms with Crippen molar-refractivity contribution in [1.82, 2.24) is 5.43 Å². The Morgan fingerprint density at radius 3 is 2.48 bits per heavy atom. The standard InChI is InChI=1S/C18H18Br2N2O3/c1-11-8-14(19)9-16(20)18(11)25-10-17(23)22-21-12(2)13-4-6-15(24-3)7-5-13/h4-9H,10H2,1-3H3,(H,22,23)/b21-12-. The maximum absolute atomic E-state index is 12.0. The topological polar surface area (TPSA) is 59.9 Å². The van der Waals surface area contributed by atoms with Gasteiger partial charge in [-0.15, -0.1) is 0 Å². The molecule has 0 aliphatic heterocycles. The Kier molecular flexibility index (Phi) is 7.01. The van der Waals surface area contributed by atoms with Crippen LogP contribution in [-0.4, -0.2) is 25.3 Å². The third-order valence-electron chi connectivity index (χ3n) is 3.40. The van der Waals surface area contributed by atoms with Crippen molar-refractivity contribution >= 4 is 43.5 Å². The van der Waals surface area contributed by atoms with Gasteiger partial charge in [-0.2, -0.15) is 5.10 Å². The highest BCUT2D eigenvalue weighted by Crippen LogP contribution is 2.32. The van der Waals surface area contributed by atoms with Crippen molar-refractivity contribution in [2.45, 2.75) is 13.8 Å². The fourth-order valence-electron chi connectivity index (χ4n) is 2.08. The van der Waals surface area contributed by atoms with Crippen LogP contribution in [0.4, 0.5) is 0 Å². The fraction of sp³-hybridized carbons (Fsp3) is 0.222. The zero-order chi connectivity index (χ0) is 18.4. The molecule has 0 radical (unpaired) electrons. The van der Waals surface area contributed by atoms with Crippen LogP contribution in [0.2, 0.25) is 0 Å². The number of aryl methyl sites for hydroxylation is 1. The van der Waals surface area contributed by atoms with Crippen molar-refractivity contribution in [2.75, 3.05) is 13.7 Å². The van der Waals surface area contributed by atoms with E-state index in [2.05, 4.69) is 42.4 Å². The number of hydrazone groups is 1. The molecule has 2 rings (SSSR count). The molecule has 1 N–H and O–H groups in total. The molecule has 0 saturated heterocycles. The molecule has 0 atom stereocenters. The zero-order valence-electron chi connectivity index (χ0n) is 14.1. The SMILES string of the molecule is COc1ccc(/C(C)=N\NC(=O)COc2c(C)cc(Br)cc2Br)cc1. The summed E-state index contributed by atoms with van der Waals surface area (Å²) in [5, 5.41) is 4.10. The van der Waals surface area contributed by atoms with E-state index in [0.717, 1.165) is 25.8 Å². The predicted octanol–water partition coefficient (Wildman–Crippen LogP) is 4.45. The number of halogens is 2. The molecule has 0 heterocycles. The van der Waals surface area contributed by atoms with Crippen LogP contribution in [0.25, 0.3) is 0 Å². The highest BCUT2D eigenvalue weighted by molar-refractivity contribution is 9.11. The molecule has 25 heavy (non-hydrogen) atoms. The minimum Gasteiger partial charge on any atom is -0.497 e. The third-order valence-corrected chi connectivity index (χ3v) is 4.44. The molecule has 0 aliphatic rings. The molecule has 2 aromatic rings. The Labute approximate surface area is 163 Å². The van der Waals surface area contributed by atoms with Gasteiger partial charge in [0.25, 0.3) is 5.91 Å². The highest BCUT2D eigenvalue weighted by atomic mass is 79.9. The second-order valence-corrected chi connectivity index (χ2v) is 7.05. The molecular formula is C18H18Br2N2O3. The first-order chi connectivity index (χ1) is 11.9. The van der Waals surface area contributed by atoms with Gasteiger partial charge in [-0.25, -0.2) is 5.43 Å². The van der Waals surface area contributed by atoms with Gasteiger partial charge in [0.2, 0.25) is 0 Å². The normalized spacial score (nSPS) is 11.2. The Bertz CT molecular complexity index is 766. The number of hydrogen-bond acceptors (Lipinski definition) is 4. The van der Waals surface area contributed by atoms with E-state index in [4.69, 9.17) is 9.47 Å². The second-order valence-electron chi connectivity index (χ2n) is 5.28. The van der Waals surface area contributed by atoms with Gasteiger partial charge in [0.15, 0.2) is 6.61 Å². The molecular weight excluding hydrogens is 452 g/mol. The number of benzene rings is 2. The second kappa shape index (κ2) is 9.01. The van der Waals surface area contributed by atoms with Crippen molar-refractivity contribution < 1.29 is 14.3 Å². The Hall–Kier alpha value is -1.86. The molecule has 0 bridgehead atoms. The van der Waals surface area contributed by atoms with Gasteiger partial charge in [-0.05, 0) is 77.3 Å². The lowest BCUT2D eigenvalue weighted by molar-refractivity contribution is -0.123. The van der Waals surface area contributed by atoms with Gasteiger partial charge in [0.1, 0.15) is 11.5 Å². The van der Waals surface area contributed by atoms with Crippen LogP contribution in [0, 0.1) is 6.92 Å². The van der Waals surface area contributed by atoms with E-state index in [9.17, 15) is 4.79 Å². The van der Waals surface area contributed by atoms with Gasteiger partial charge in [-0.3, -0.25) is 4.79 Å². The van der Waals surface area contributed by atoms with Gasteiger partial charge >= 0.3 is 0 Å². The average molecular weight is 470 g/mol. The summed E-state index contributed by atoms with van der Waals surface area (Å²) in [6, 6.07) is 11.2. The number of amides is 1. The lowest BCUT2D eigenvalue weighted by Gasteiger charge is -2.11. The number of carbonyl (C=O) groups is 1. The number of ether oxygens (including phenoxy) is 2. The van der Waals surface area contributed by atoms with Gasteiger partial charge < -0.3 is 9.47 Å². The van der Waals surface area contributed by atoms with E-state index in [1.165, 1.54) is 0 Å². The third kappa shape index (κ3) is 5.57. The van der Waals surface area contributed by atoms with Crippen LogP contribution in [0.1, 0.15) is 18.1 Å². The Morgan fingerprint density at radius 2 is 1.88 bits per heavy atom. The summed E-state index contributed by atoms with van der Waals surface area (Å²) in [6.07, 6.45) is 0. The van der Waals surface area contributed by atoms with Crippen LogP contribution in [-0.2, 0) is 4.79 Å². The summed E-state index contributed by atoms with van der Waals surface area (Å²) in [5.74, 6) is 1.07. The summed E-state index contributed by atoms with van der Waals surface area (Å²) in [7, 11) is 1.61. The molecule has 0 unspecified atom stereocenters. The number of methoxy groups -OCH3 is 1. The zero-order valence-corrected chi connectivity index (χ0v) is 17.3. The summed E-state index contributed by atoms with van der Waals surface area (Å²) in [5.41, 5.74) is 5.01. The van der Waals surface area contributed by atoms with E-state index in [1.54, 1.807) is 7.11 Å². The molecule has 1 amide bonds. The van der Waals surface area contributed by atoms with Crippen molar-refractivity contribution in [1.29, 1.82) is 0 Å². The molecule has 0 saturated carbocycles. The summed E-state index contributed by atoms with van der Waals surface area (Å²) in [6.45, 7) is 3.60. The number of nitrogens with one attached hydrogen (secondary N) is 1. The lowest BCUT2D eigenvalue weighted by Crippen LogP contribution is -2.25. The molecule has 5 nitrogen and oxygen atoms in total. The van der Waals surface area contributed by atoms with E-state index < -0.39 is 0 Å². The molecule has 0 aromatic heterocycles. The van der Waals surface area contributed by atoms with Crippen LogP contribution in [0.15, 0.2) is 50.4 Å². The van der Waals surface area contributed by atoms with Crippen LogP contribution < -0.4 is 14.9 Å². The summed E-state index contributed by atoms with van der Waals surface area (Å²) in [4.78, 5) is 12.0. The van der Waals surface area contributed by atoms with E-state index in [1.807, 2.05) is 50.2 Å². The average Bonchev–Trinajstić information content (AvgIpc) is 2.58. The Morgan fingerprint density at radius 1 is 1.20 bits per heavy atom. The van der Waals surface area contributed by atoms with Gasteiger partial charge in [0.05, 0.1) is 17.3 Å². The van der Waals surface area contributed by atoms with Crippen molar-refractivity contribution in [3.05, 3.63) is 56.5 Å². The molecule has 132 valence electrons. The highest BCUT2D eigenvalue weighted by Gasteiger charge is 2.09. The fourth-order valence-corrected chi connectivity index (χ4v) is 3.64.